The van der Waals surface area contributed by atoms with Crippen molar-refractivity contribution in [1.29, 1.82) is 0 Å². The number of Topliss-reactive ketones (excluding diaryl/α,β-unsaturated/α-hetero) is 1. The molecule has 21 heavy (non-hydrogen) atoms. The smallest absolute Gasteiger partial charge is 0.210 e. The number of rotatable bonds is 2. The van der Waals surface area contributed by atoms with Crippen LogP contribution in [0.3, 0.4) is 0 Å². The first-order valence-electron chi connectivity index (χ1n) is 6.37. The van der Waals surface area contributed by atoms with Crippen molar-refractivity contribution < 1.29 is 39.5 Å². The second kappa shape index (κ2) is 7.53. The summed E-state index contributed by atoms with van der Waals surface area (Å²) in [6, 6.07) is 1.33. The third-order valence-electron chi connectivity index (χ3n) is 3.10. The molecule has 1 aliphatic rings. The number of hydrogen-bond donors (Lipinski definition) is 5. The van der Waals surface area contributed by atoms with E-state index in [0.29, 0.717) is 0 Å². The van der Waals surface area contributed by atoms with E-state index in [2.05, 4.69) is 4.42 Å². The number of hydrogen-bond acceptors (Lipinski definition) is 8. The fourth-order valence-electron chi connectivity index (χ4n) is 1.85. The minimum absolute atomic E-state index is 0.0231. The Morgan fingerprint density at radius 1 is 1.24 bits per heavy atom. The summed E-state index contributed by atoms with van der Waals surface area (Å²) in [5.74, 6) is -0.338. The normalized spacial score (nSPS) is 32.2. The lowest BCUT2D eigenvalue weighted by Gasteiger charge is -2.38. The third-order valence-corrected chi connectivity index (χ3v) is 3.10. The van der Waals surface area contributed by atoms with Gasteiger partial charge in [0.25, 0.3) is 0 Å². The summed E-state index contributed by atoms with van der Waals surface area (Å²) in [6.45, 7) is 2.54. The van der Waals surface area contributed by atoms with Crippen LogP contribution >= 0.6 is 0 Å². The van der Waals surface area contributed by atoms with Crippen molar-refractivity contribution in [3.8, 4) is 5.75 Å². The molecule has 0 saturated carbocycles. The summed E-state index contributed by atoms with van der Waals surface area (Å²) in [7, 11) is 0. The number of ether oxygens (including phenoxy) is 1. The van der Waals surface area contributed by atoms with Crippen molar-refractivity contribution in [3.05, 3.63) is 18.1 Å². The standard InChI is InChI=1S/C7H14O5.C6H6O3/c1-3-5(9)7(11)6(10)4(2-8)12-3;1-4(7)6-5(8)2-3-9-6/h3-11H,2H2,1H3;2-3,8H,1H3/t3-,4?,5?,6-,7?;/m1./s1. The topological polar surface area (TPSA) is 141 Å². The lowest BCUT2D eigenvalue weighted by molar-refractivity contribution is -0.224. The number of carbonyl (C=O) groups is 1. The summed E-state index contributed by atoms with van der Waals surface area (Å²) in [4.78, 5) is 10.5. The van der Waals surface area contributed by atoms with Gasteiger partial charge in [0, 0.05) is 13.0 Å². The zero-order valence-corrected chi connectivity index (χ0v) is 11.7. The van der Waals surface area contributed by atoms with E-state index in [4.69, 9.17) is 14.9 Å². The van der Waals surface area contributed by atoms with Crippen molar-refractivity contribution in [2.45, 2.75) is 44.4 Å². The maximum atomic E-state index is 10.5. The highest BCUT2D eigenvalue weighted by Crippen LogP contribution is 2.20. The zero-order valence-electron chi connectivity index (χ0n) is 11.7. The van der Waals surface area contributed by atoms with Gasteiger partial charge in [0.05, 0.1) is 19.0 Å². The van der Waals surface area contributed by atoms with E-state index < -0.39 is 30.5 Å². The van der Waals surface area contributed by atoms with E-state index in [0.717, 1.165) is 0 Å². The Balaban J connectivity index is 0.000000219. The molecule has 1 aliphatic heterocycles. The fourth-order valence-corrected chi connectivity index (χ4v) is 1.85. The number of furan rings is 1. The molecule has 0 radical (unpaired) electrons. The maximum absolute atomic E-state index is 10.5. The largest absolute Gasteiger partial charge is 0.504 e. The Morgan fingerprint density at radius 3 is 2.24 bits per heavy atom. The Labute approximate surface area is 121 Å². The highest BCUT2D eigenvalue weighted by atomic mass is 16.5. The van der Waals surface area contributed by atoms with E-state index in [9.17, 15) is 20.1 Å². The predicted octanol–water partition coefficient (Wildman–Crippen LogP) is -0.964. The molecule has 5 N–H and O–H groups in total. The minimum Gasteiger partial charge on any atom is -0.504 e. The van der Waals surface area contributed by atoms with Crippen LogP contribution in [0.15, 0.2) is 16.7 Å². The SMILES string of the molecule is CC(=O)c1occc1O.C[C@H]1OC(CO)[C@@H](O)C(O)C1O. The molecule has 1 aromatic rings. The van der Waals surface area contributed by atoms with Crippen LogP contribution in [0.25, 0.3) is 0 Å². The summed E-state index contributed by atoms with van der Waals surface area (Å²) >= 11 is 0. The monoisotopic (exact) mass is 304 g/mol. The molecule has 1 saturated heterocycles. The van der Waals surface area contributed by atoms with Crippen LogP contribution in [0.1, 0.15) is 24.4 Å². The highest BCUT2D eigenvalue weighted by molar-refractivity contribution is 5.93. The van der Waals surface area contributed by atoms with Crippen LogP contribution in [-0.4, -0.2) is 68.4 Å². The van der Waals surface area contributed by atoms with Gasteiger partial charge in [-0.25, -0.2) is 0 Å². The van der Waals surface area contributed by atoms with Crippen LogP contribution in [0.5, 0.6) is 5.75 Å². The number of aromatic hydroxyl groups is 1. The first-order valence-corrected chi connectivity index (χ1v) is 6.37. The molecule has 2 rings (SSSR count). The van der Waals surface area contributed by atoms with E-state index >= 15 is 0 Å². The average Bonchev–Trinajstić information content (AvgIpc) is 2.87. The van der Waals surface area contributed by atoms with Gasteiger partial charge in [-0.3, -0.25) is 4.79 Å². The van der Waals surface area contributed by atoms with E-state index in [1.807, 2.05) is 0 Å². The maximum Gasteiger partial charge on any atom is 0.210 e. The second-order valence-corrected chi connectivity index (χ2v) is 4.73. The third kappa shape index (κ3) is 4.26. The van der Waals surface area contributed by atoms with Crippen molar-refractivity contribution in [2.24, 2.45) is 0 Å². The van der Waals surface area contributed by atoms with Crippen LogP contribution in [0.4, 0.5) is 0 Å². The van der Waals surface area contributed by atoms with Crippen molar-refractivity contribution in [2.75, 3.05) is 6.61 Å². The minimum atomic E-state index is -1.24. The predicted molar refractivity (Wildman–Crippen MR) is 69.8 cm³/mol. The van der Waals surface area contributed by atoms with Gasteiger partial charge in [-0.1, -0.05) is 0 Å². The van der Waals surface area contributed by atoms with Gasteiger partial charge in [0.1, 0.15) is 24.4 Å². The van der Waals surface area contributed by atoms with Crippen molar-refractivity contribution in [3.63, 3.8) is 0 Å². The molecule has 1 fully saturated rings. The summed E-state index contributed by atoms with van der Waals surface area (Å²) in [5, 5.41) is 45.2. The average molecular weight is 304 g/mol. The molecule has 0 spiro atoms. The van der Waals surface area contributed by atoms with Gasteiger partial charge in [0.15, 0.2) is 11.5 Å². The summed E-state index contributed by atoms with van der Waals surface area (Å²) in [5.41, 5.74) is 0. The second-order valence-electron chi connectivity index (χ2n) is 4.73. The summed E-state index contributed by atoms with van der Waals surface area (Å²) < 4.78 is 9.65. The van der Waals surface area contributed by atoms with Crippen LogP contribution < -0.4 is 0 Å². The Kier molecular flexibility index (Phi) is 6.31. The van der Waals surface area contributed by atoms with Gasteiger partial charge in [-0.05, 0) is 6.92 Å². The number of carbonyl (C=O) groups excluding carboxylic acids is 1. The molecule has 0 aromatic carbocycles. The van der Waals surface area contributed by atoms with E-state index in [1.165, 1.54) is 19.3 Å². The molecule has 5 atom stereocenters. The Morgan fingerprint density at radius 2 is 1.86 bits per heavy atom. The van der Waals surface area contributed by atoms with Gasteiger partial charge >= 0.3 is 0 Å². The number of aliphatic hydroxyl groups is 4. The quantitative estimate of drug-likeness (QED) is 0.440. The lowest BCUT2D eigenvalue weighted by atomic mass is 9.96. The molecule has 8 heteroatoms. The Bertz CT molecular complexity index is 452. The summed E-state index contributed by atoms with van der Waals surface area (Å²) in [6.07, 6.45) is -3.67. The lowest BCUT2D eigenvalue weighted by Crippen LogP contribution is -2.57. The Hall–Kier alpha value is -1.45. The van der Waals surface area contributed by atoms with E-state index in [1.54, 1.807) is 6.92 Å². The van der Waals surface area contributed by atoms with Gasteiger partial charge in [-0.15, -0.1) is 0 Å². The zero-order chi connectivity index (χ0) is 16.2. The first-order chi connectivity index (χ1) is 9.79. The first kappa shape index (κ1) is 17.6. The van der Waals surface area contributed by atoms with Gasteiger partial charge < -0.3 is 34.7 Å². The van der Waals surface area contributed by atoms with Crippen LogP contribution in [-0.2, 0) is 4.74 Å². The highest BCUT2D eigenvalue weighted by Gasteiger charge is 2.41. The molecule has 0 bridgehead atoms. The number of ketones is 1. The molecule has 3 unspecified atom stereocenters. The van der Waals surface area contributed by atoms with Crippen molar-refractivity contribution >= 4 is 5.78 Å². The molecule has 1 aromatic heterocycles. The van der Waals surface area contributed by atoms with Crippen LogP contribution in [0.2, 0.25) is 0 Å². The number of aliphatic hydroxyl groups excluding tert-OH is 4. The molecular formula is C13H20O8. The van der Waals surface area contributed by atoms with E-state index in [-0.39, 0.29) is 23.9 Å². The molecule has 120 valence electrons. The molecule has 2 heterocycles. The van der Waals surface area contributed by atoms with Gasteiger partial charge in [-0.2, -0.15) is 0 Å². The molecule has 8 nitrogen and oxygen atoms in total. The van der Waals surface area contributed by atoms with Crippen molar-refractivity contribution in [1.82, 2.24) is 0 Å². The molecule has 0 aliphatic carbocycles. The van der Waals surface area contributed by atoms with Crippen LogP contribution in [0, 0.1) is 0 Å². The molecule has 0 amide bonds. The molecular weight excluding hydrogens is 284 g/mol. The fraction of sp³-hybridized carbons (Fsp3) is 0.615. The van der Waals surface area contributed by atoms with Gasteiger partial charge in [0.2, 0.25) is 5.76 Å².